The second-order valence-corrected chi connectivity index (χ2v) is 4.33. The quantitative estimate of drug-likeness (QED) is 0.850. The second kappa shape index (κ2) is 5.30. The zero-order valence-corrected chi connectivity index (χ0v) is 10.5. The molecule has 1 heterocycles. The summed E-state index contributed by atoms with van der Waals surface area (Å²) in [7, 11) is 0. The normalized spacial score (nSPS) is 12.3. The first-order valence-corrected chi connectivity index (χ1v) is 5.82. The van der Waals surface area contributed by atoms with Crippen molar-refractivity contribution in [2.75, 3.05) is 5.32 Å². The summed E-state index contributed by atoms with van der Waals surface area (Å²) >= 11 is 0. The minimum absolute atomic E-state index is 0.175. The summed E-state index contributed by atoms with van der Waals surface area (Å²) in [5.74, 6) is -1.34. The molecule has 1 aromatic carbocycles. The van der Waals surface area contributed by atoms with E-state index < -0.39 is 23.6 Å². The molecule has 0 amide bonds. The van der Waals surface area contributed by atoms with E-state index in [1.165, 1.54) is 19.1 Å². The Morgan fingerprint density at radius 1 is 1.11 bits per heavy atom. The van der Waals surface area contributed by atoms with Gasteiger partial charge in [-0.3, -0.25) is 0 Å². The van der Waals surface area contributed by atoms with Gasteiger partial charge in [0.15, 0.2) is 0 Å². The minimum Gasteiger partial charge on any atom is -0.363 e. The summed E-state index contributed by atoms with van der Waals surface area (Å²) < 4.78 is 40.1. The van der Waals surface area contributed by atoms with Crippen LogP contribution in [0.25, 0.3) is 0 Å². The molecule has 2 aromatic rings. The molecule has 1 unspecified atom stereocenters. The summed E-state index contributed by atoms with van der Waals surface area (Å²) in [5.41, 5.74) is 0.423. The molecule has 0 aliphatic carbocycles. The fourth-order valence-electron chi connectivity index (χ4n) is 1.78. The van der Waals surface area contributed by atoms with Gasteiger partial charge in [0.2, 0.25) is 5.95 Å². The van der Waals surface area contributed by atoms with E-state index in [9.17, 15) is 13.2 Å². The predicted octanol–water partition coefficient (Wildman–Crippen LogP) is 3.98. The average molecular weight is 266 g/mol. The zero-order chi connectivity index (χ0) is 14.0. The van der Waals surface area contributed by atoms with Gasteiger partial charge in [-0.1, -0.05) is 6.07 Å². The van der Waals surface area contributed by atoms with Gasteiger partial charge in [-0.2, -0.15) is 4.39 Å². The molecule has 2 nitrogen and oxygen atoms in total. The number of benzene rings is 1. The Bertz CT molecular complexity index is 599. The third-order valence-electron chi connectivity index (χ3n) is 2.82. The van der Waals surface area contributed by atoms with Crippen LogP contribution in [0, 0.1) is 24.5 Å². The SMILES string of the molecule is Cc1cc(F)c(C(C)Nc2cccc(F)n2)cc1F. The maximum absolute atomic E-state index is 13.8. The number of nitrogens with one attached hydrogen (secondary N) is 1. The highest BCUT2D eigenvalue weighted by Gasteiger charge is 2.14. The molecule has 2 rings (SSSR count). The van der Waals surface area contributed by atoms with Crippen molar-refractivity contribution < 1.29 is 13.2 Å². The first-order valence-electron chi connectivity index (χ1n) is 5.82. The molecule has 100 valence electrons. The monoisotopic (exact) mass is 266 g/mol. The van der Waals surface area contributed by atoms with E-state index in [0.717, 1.165) is 12.1 Å². The highest BCUT2D eigenvalue weighted by atomic mass is 19.1. The van der Waals surface area contributed by atoms with Crippen LogP contribution in [0.5, 0.6) is 0 Å². The average Bonchev–Trinajstić information content (AvgIpc) is 2.33. The van der Waals surface area contributed by atoms with E-state index >= 15 is 0 Å². The number of hydrogen-bond acceptors (Lipinski definition) is 2. The smallest absolute Gasteiger partial charge is 0.214 e. The van der Waals surface area contributed by atoms with Crippen LogP contribution in [0.4, 0.5) is 19.0 Å². The van der Waals surface area contributed by atoms with Gasteiger partial charge >= 0.3 is 0 Å². The van der Waals surface area contributed by atoms with E-state index in [4.69, 9.17) is 0 Å². The van der Waals surface area contributed by atoms with Crippen LogP contribution in [0.3, 0.4) is 0 Å². The first-order chi connectivity index (χ1) is 8.97. The van der Waals surface area contributed by atoms with Crippen LogP contribution in [0.15, 0.2) is 30.3 Å². The lowest BCUT2D eigenvalue weighted by molar-refractivity contribution is 0.568. The molecule has 1 N–H and O–H groups in total. The largest absolute Gasteiger partial charge is 0.363 e. The minimum atomic E-state index is -0.632. The van der Waals surface area contributed by atoms with Crippen molar-refractivity contribution >= 4 is 5.82 Å². The highest BCUT2D eigenvalue weighted by Crippen LogP contribution is 2.23. The molecule has 1 aromatic heterocycles. The fourth-order valence-corrected chi connectivity index (χ4v) is 1.78. The summed E-state index contributed by atoms with van der Waals surface area (Å²) in [5, 5.41) is 2.83. The summed E-state index contributed by atoms with van der Waals surface area (Å²) in [6.07, 6.45) is 0. The van der Waals surface area contributed by atoms with Gasteiger partial charge in [0, 0.05) is 5.56 Å². The topological polar surface area (TPSA) is 24.9 Å². The maximum Gasteiger partial charge on any atom is 0.214 e. The lowest BCUT2D eigenvalue weighted by Crippen LogP contribution is -2.11. The molecule has 0 aliphatic heterocycles. The molecule has 0 saturated carbocycles. The Morgan fingerprint density at radius 2 is 1.84 bits per heavy atom. The first kappa shape index (κ1) is 13.4. The van der Waals surface area contributed by atoms with Crippen LogP contribution in [0.1, 0.15) is 24.1 Å². The van der Waals surface area contributed by atoms with Crippen molar-refractivity contribution in [3.8, 4) is 0 Å². The molecular weight excluding hydrogens is 253 g/mol. The Hall–Kier alpha value is -2.04. The number of aromatic nitrogens is 1. The second-order valence-electron chi connectivity index (χ2n) is 4.33. The lowest BCUT2D eigenvalue weighted by Gasteiger charge is -2.16. The molecule has 0 radical (unpaired) electrons. The Kier molecular flexibility index (Phi) is 3.74. The van der Waals surface area contributed by atoms with E-state index in [2.05, 4.69) is 10.3 Å². The molecule has 19 heavy (non-hydrogen) atoms. The zero-order valence-electron chi connectivity index (χ0n) is 10.5. The molecule has 5 heteroatoms. The van der Waals surface area contributed by atoms with E-state index in [-0.39, 0.29) is 16.9 Å². The van der Waals surface area contributed by atoms with Crippen LogP contribution in [-0.2, 0) is 0 Å². The number of anilines is 1. The summed E-state index contributed by atoms with van der Waals surface area (Å²) in [6, 6.07) is 6.01. The number of nitrogens with zero attached hydrogens (tertiary/aromatic N) is 1. The molecule has 0 aliphatic rings. The van der Waals surface area contributed by atoms with Crippen LogP contribution in [-0.4, -0.2) is 4.98 Å². The number of halogens is 3. The standard InChI is InChI=1S/C14H13F3N2/c1-8-6-12(16)10(7-11(8)15)9(2)18-14-5-3-4-13(17)19-14/h3-7,9H,1-2H3,(H,18,19). The molecule has 0 fully saturated rings. The van der Waals surface area contributed by atoms with Crippen LogP contribution < -0.4 is 5.32 Å². The van der Waals surface area contributed by atoms with E-state index in [1.54, 1.807) is 13.0 Å². The Balaban J connectivity index is 2.25. The maximum atomic E-state index is 13.8. The molecule has 0 bridgehead atoms. The van der Waals surface area contributed by atoms with Crippen molar-refractivity contribution in [3.05, 3.63) is 59.0 Å². The lowest BCUT2D eigenvalue weighted by atomic mass is 10.1. The van der Waals surface area contributed by atoms with Gasteiger partial charge in [0.05, 0.1) is 6.04 Å². The third-order valence-corrected chi connectivity index (χ3v) is 2.82. The van der Waals surface area contributed by atoms with E-state index in [0.29, 0.717) is 0 Å². The number of pyridine rings is 1. The summed E-state index contributed by atoms with van der Waals surface area (Å²) in [4.78, 5) is 3.61. The van der Waals surface area contributed by atoms with Crippen molar-refractivity contribution in [1.29, 1.82) is 0 Å². The van der Waals surface area contributed by atoms with Crippen LogP contribution in [0.2, 0.25) is 0 Å². The third kappa shape index (κ3) is 3.05. The predicted molar refractivity (Wildman–Crippen MR) is 67.3 cm³/mol. The molecular formula is C14H13F3N2. The summed E-state index contributed by atoms with van der Waals surface area (Å²) in [6.45, 7) is 3.15. The van der Waals surface area contributed by atoms with Gasteiger partial charge in [-0.15, -0.1) is 0 Å². The number of rotatable bonds is 3. The van der Waals surface area contributed by atoms with Crippen molar-refractivity contribution in [3.63, 3.8) is 0 Å². The van der Waals surface area contributed by atoms with Crippen LogP contribution >= 0.6 is 0 Å². The number of hydrogen-bond donors (Lipinski definition) is 1. The van der Waals surface area contributed by atoms with Crippen molar-refractivity contribution in [1.82, 2.24) is 4.98 Å². The molecule has 0 spiro atoms. The number of aryl methyl sites for hydroxylation is 1. The van der Waals surface area contributed by atoms with E-state index in [1.807, 2.05) is 0 Å². The Morgan fingerprint density at radius 3 is 2.53 bits per heavy atom. The molecule has 0 saturated heterocycles. The van der Waals surface area contributed by atoms with Gasteiger partial charge in [-0.25, -0.2) is 13.8 Å². The van der Waals surface area contributed by atoms with Gasteiger partial charge in [-0.05, 0) is 43.7 Å². The van der Waals surface area contributed by atoms with Gasteiger partial charge in [0.1, 0.15) is 17.5 Å². The molecule has 1 atom stereocenters. The van der Waals surface area contributed by atoms with Crippen molar-refractivity contribution in [2.45, 2.75) is 19.9 Å². The fraction of sp³-hybridized carbons (Fsp3) is 0.214. The Labute approximate surface area is 109 Å². The van der Waals surface area contributed by atoms with Gasteiger partial charge < -0.3 is 5.32 Å². The van der Waals surface area contributed by atoms with Crippen molar-refractivity contribution in [2.24, 2.45) is 0 Å². The highest BCUT2D eigenvalue weighted by molar-refractivity contribution is 5.39. The van der Waals surface area contributed by atoms with Gasteiger partial charge in [0.25, 0.3) is 0 Å².